The second-order valence-electron chi connectivity index (χ2n) is 8.83. The van der Waals surface area contributed by atoms with Crippen molar-refractivity contribution in [3.05, 3.63) is 35.9 Å². The van der Waals surface area contributed by atoms with Crippen molar-refractivity contribution >= 4 is 8.32 Å². The molecule has 0 bridgehead atoms. The Balaban J connectivity index is 2.00. The van der Waals surface area contributed by atoms with Crippen molar-refractivity contribution in [3.63, 3.8) is 0 Å². The van der Waals surface area contributed by atoms with Crippen molar-refractivity contribution in [1.82, 2.24) is 0 Å². The van der Waals surface area contributed by atoms with Crippen molar-refractivity contribution in [2.75, 3.05) is 6.61 Å². The monoisotopic (exact) mass is 348 g/mol. The van der Waals surface area contributed by atoms with Gasteiger partial charge in [-0.15, -0.1) is 0 Å². The fraction of sp³-hybridized carbons (Fsp3) is 0.727. The Bertz CT molecular complexity index is 433. The van der Waals surface area contributed by atoms with E-state index in [2.05, 4.69) is 71.1 Å². The molecule has 138 valence electrons. The van der Waals surface area contributed by atoms with Crippen molar-refractivity contribution in [3.8, 4) is 0 Å². The van der Waals surface area contributed by atoms with Gasteiger partial charge in [-0.3, -0.25) is 0 Å². The molecule has 1 rings (SSSR count). The number of hydrogen-bond donors (Lipinski definition) is 0. The van der Waals surface area contributed by atoms with Gasteiger partial charge < -0.3 is 4.43 Å². The molecule has 0 aliphatic rings. The summed E-state index contributed by atoms with van der Waals surface area (Å²) in [7, 11) is -1.53. The van der Waals surface area contributed by atoms with Gasteiger partial charge >= 0.3 is 0 Å². The van der Waals surface area contributed by atoms with Gasteiger partial charge in [0.15, 0.2) is 8.32 Å². The second kappa shape index (κ2) is 10.4. The highest BCUT2D eigenvalue weighted by molar-refractivity contribution is 6.74. The number of unbranched alkanes of at least 4 members (excludes halogenated alkanes) is 5. The molecule has 0 amide bonds. The van der Waals surface area contributed by atoms with Crippen LogP contribution in [0.15, 0.2) is 30.3 Å². The van der Waals surface area contributed by atoms with Crippen LogP contribution in [0.5, 0.6) is 0 Å². The first-order valence-electron chi connectivity index (χ1n) is 9.93. The zero-order valence-electron chi connectivity index (χ0n) is 17.0. The van der Waals surface area contributed by atoms with Crippen LogP contribution in [0, 0.1) is 0 Å². The Hall–Kier alpha value is -0.603. The summed E-state index contributed by atoms with van der Waals surface area (Å²) in [6.45, 7) is 15.0. The third kappa shape index (κ3) is 7.98. The van der Waals surface area contributed by atoms with E-state index in [4.69, 9.17) is 4.43 Å². The van der Waals surface area contributed by atoms with Gasteiger partial charge in [0.05, 0.1) is 0 Å². The maximum absolute atomic E-state index is 6.24. The van der Waals surface area contributed by atoms with Crippen LogP contribution in [0.3, 0.4) is 0 Å². The Kier molecular flexibility index (Phi) is 9.29. The first-order valence-corrected chi connectivity index (χ1v) is 12.8. The Labute approximate surface area is 152 Å². The standard InChI is InChI=1S/C22H40OSi/c1-20(21-17-13-11-14-18-21)16-12-9-7-8-10-15-19-23-24(5,6)22(2,3)4/h11,13-14,17-18,20H,7-10,12,15-16,19H2,1-6H3. The average Bonchev–Trinajstić information content (AvgIpc) is 2.52. The second-order valence-corrected chi connectivity index (χ2v) is 13.6. The zero-order chi connectivity index (χ0) is 18.1. The summed E-state index contributed by atoms with van der Waals surface area (Å²) in [6, 6.07) is 10.9. The zero-order valence-corrected chi connectivity index (χ0v) is 18.0. The third-order valence-electron chi connectivity index (χ3n) is 5.67. The van der Waals surface area contributed by atoms with E-state index in [1.165, 1.54) is 50.5 Å². The average molecular weight is 349 g/mol. The smallest absolute Gasteiger partial charge is 0.191 e. The molecule has 24 heavy (non-hydrogen) atoms. The lowest BCUT2D eigenvalue weighted by atomic mass is 9.95. The minimum atomic E-state index is -1.53. The third-order valence-corrected chi connectivity index (χ3v) is 10.2. The van der Waals surface area contributed by atoms with Gasteiger partial charge in [-0.1, -0.05) is 90.1 Å². The summed E-state index contributed by atoms with van der Waals surface area (Å²) in [5.41, 5.74) is 1.49. The summed E-state index contributed by atoms with van der Waals surface area (Å²) < 4.78 is 6.24. The summed E-state index contributed by atoms with van der Waals surface area (Å²) in [5.74, 6) is 0.698. The number of hydrogen-bond acceptors (Lipinski definition) is 1. The minimum Gasteiger partial charge on any atom is -0.417 e. The van der Waals surface area contributed by atoms with E-state index in [1.54, 1.807) is 0 Å². The van der Waals surface area contributed by atoms with Crippen LogP contribution in [0.4, 0.5) is 0 Å². The van der Waals surface area contributed by atoms with Crippen molar-refractivity contribution in [2.24, 2.45) is 0 Å². The van der Waals surface area contributed by atoms with E-state index in [-0.39, 0.29) is 0 Å². The molecule has 0 saturated carbocycles. The van der Waals surface area contributed by atoms with Gasteiger partial charge in [-0.05, 0) is 42.5 Å². The van der Waals surface area contributed by atoms with Gasteiger partial charge in [-0.25, -0.2) is 0 Å². The maximum Gasteiger partial charge on any atom is 0.191 e. The van der Waals surface area contributed by atoms with E-state index < -0.39 is 8.32 Å². The predicted octanol–water partition coefficient (Wildman–Crippen LogP) is 7.54. The summed E-state index contributed by atoms with van der Waals surface area (Å²) in [6.07, 6.45) is 9.34. The minimum absolute atomic E-state index is 0.336. The van der Waals surface area contributed by atoms with Gasteiger partial charge in [0, 0.05) is 6.61 Å². The Morgan fingerprint density at radius 2 is 1.42 bits per heavy atom. The fourth-order valence-electron chi connectivity index (χ4n) is 2.75. The molecule has 2 heteroatoms. The van der Waals surface area contributed by atoms with Crippen molar-refractivity contribution in [1.29, 1.82) is 0 Å². The molecule has 1 aromatic rings. The van der Waals surface area contributed by atoms with E-state index in [1.807, 2.05) is 0 Å². The molecule has 1 nitrogen and oxygen atoms in total. The van der Waals surface area contributed by atoms with Crippen LogP contribution in [-0.2, 0) is 4.43 Å². The molecule has 0 aromatic heterocycles. The normalized spacial score (nSPS) is 13.9. The van der Waals surface area contributed by atoms with Crippen LogP contribution in [0.25, 0.3) is 0 Å². The largest absolute Gasteiger partial charge is 0.417 e. The van der Waals surface area contributed by atoms with Crippen LogP contribution in [-0.4, -0.2) is 14.9 Å². The van der Waals surface area contributed by atoms with E-state index >= 15 is 0 Å². The maximum atomic E-state index is 6.24. The molecule has 1 atom stereocenters. The molecule has 0 fully saturated rings. The molecule has 1 aromatic carbocycles. The van der Waals surface area contributed by atoms with Crippen LogP contribution in [0.1, 0.15) is 84.1 Å². The Morgan fingerprint density at radius 1 is 0.875 bits per heavy atom. The van der Waals surface area contributed by atoms with Gasteiger partial charge in [0.25, 0.3) is 0 Å². The highest BCUT2D eigenvalue weighted by atomic mass is 28.4. The number of rotatable bonds is 11. The highest BCUT2D eigenvalue weighted by Gasteiger charge is 2.36. The molecular weight excluding hydrogens is 308 g/mol. The highest BCUT2D eigenvalue weighted by Crippen LogP contribution is 2.36. The van der Waals surface area contributed by atoms with Crippen LogP contribution < -0.4 is 0 Å². The van der Waals surface area contributed by atoms with Crippen molar-refractivity contribution in [2.45, 2.75) is 96.7 Å². The first-order chi connectivity index (χ1) is 11.2. The Morgan fingerprint density at radius 3 is 2.00 bits per heavy atom. The molecule has 0 heterocycles. The molecule has 1 unspecified atom stereocenters. The molecule has 0 spiro atoms. The SMILES string of the molecule is CC(CCCCCCCCO[Si](C)(C)C(C)(C)C)c1ccccc1. The summed E-state index contributed by atoms with van der Waals surface area (Å²) >= 11 is 0. The fourth-order valence-corrected chi connectivity index (χ4v) is 3.84. The van der Waals surface area contributed by atoms with E-state index in [0.29, 0.717) is 11.0 Å². The molecule has 0 N–H and O–H groups in total. The summed E-state index contributed by atoms with van der Waals surface area (Å²) in [5, 5.41) is 0.336. The molecule has 0 aliphatic carbocycles. The summed E-state index contributed by atoms with van der Waals surface area (Å²) in [4.78, 5) is 0. The van der Waals surface area contributed by atoms with Gasteiger partial charge in [0.1, 0.15) is 0 Å². The van der Waals surface area contributed by atoms with Gasteiger partial charge in [-0.2, -0.15) is 0 Å². The van der Waals surface area contributed by atoms with Gasteiger partial charge in [0.2, 0.25) is 0 Å². The van der Waals surface area contributed by atoms with E-state index in [9.17, 15) is 0 Å². The van der Waals surface area contributed by atoms with Crippen LogP contribution in [0.2, 0.25) is 18.1 Å². The quantitative estimate of drug-likeness (QED) is 0.296. The molecular formula is C22H40OSi. The lowest BCUT2D eigenvalue weighted by Gasteiger charge is -2.36. The molecule has 0 aliphatic heterocycles. The molecule has 0 radical (unpaired) electrons. The first kappa shape index (κ1) is 21.4. The van der Waals surface area contributed by atoms with E-state index in [0.717, 1.165) is 6.61 Å². The molecule has 0 saturated heterocycles. The topological polar surface area (TPSA) is 9.23 Å². The number of benzene rings is 1. The lowest BCUT2D eigenvalue weighted by molar-refractivity contribution is 0.277. The van der Waals surface area contributed by atoms with Crippen LogP contribution >= 0.6 is 0 Å². The van der Waals surface area contributed by atoms with Crippen molar-refractivity contribution < 1.29 is 4.43 Å². The predicted molar refractivity (Wildman–Crippen MR) is 110 cm³/mol. The lowest BCUT2D eigenvalue weighted by Crippen LogP contribution is -2.40.